The molecule has 19 heavy (non-hydrogen) atoms. The Morgan fingerprint density at radius 3 is 2.42 bits per heavy atom. The Morgan fingerprint density at radius 1 is 1.26 bits per heavy atom. The zero-order valence-electron chi connectivity index (χ0n) is 12.5. The van der Waals surface area contributed by atoms with Gasteiger partial charge in [0.2, 0.25) is 0 Å². The van der Waals surface area contributed by atoms with Crippen molar-refractivity contribution in [1.82, 2.24) is 4.90 Å². The van der Waals surface area contributed by atoms with Crippen LogP contribution >= 0.6 is 11.8 Å². The highest BCUT2D eigenvalue weighted by atomic mass is 32.2. The summed E-state index contributed by atoms with van der Waals surface area (Å²) in [5, 5.41) is 0. The van der Waals surface area contributed by atoms with E-state index in [1.807, 2.05) is 11.8 Å². The predicted molar refractivity (Wildman–Crippen MR) is 85.8 cm³/mol. The van der Waals surface area contributed by atoms with Crippen LogP contribution in [0.4, 0.5) is 0 Å². The molecule has 0 amide bonds. The molecule has 2 unspecified atom stereocenters. The monoisotopic (exact) mass is 278 g/mol. The van der Waals surface area contributed by atoms with Crippen LogP contribution < -0.4 is 5.73 Å². The molecule has 1 aromatic carbocycles. The van der Waals surface area contributed by atoms with Gasteiger partial charge in [-0.1, -0.05) is 45.0 Å². The van der Waals surface area contributed by atoms with Gasteiger partial charge < -0.3 is 5.73 Å². The zero-order valence-corrected chi connectivity index (χ0v) is 13.3. The molecule has 2 nitrogen and oxygen atoms in total. The van der Waals surface area contributed by atoms with Crippen molar-refractivity contribution in [2.75, 3.05) is 25.1 Å². The number of nitrogens with zero attached hydrogens (tertiary/aromatic N) is 1. The smallest absolute Gasteiger partial charge is 0.0461 e. The molecule has 1 aliphatic heterocycles. The molecule has 0 aromatic heterocycles. The van der Waals surface area contributed by atoms with E-state index in [1.54, 1.807) is 0 Å². The maximum atomic E-state index is 6.46. The molecule has 106 valence electrons. The normalized spacial score (nSPS) is 23.3. The Labute approximate surface area is 121 Å². The van der Waals surface area contributed by atoms with E-state index in [0.717, 1.165) is 12.3 Å². The van der Waals surface area contributed by atoms with Crippen molar-refractivity contribution in [3.63, 3.8) is 0 Å². The molecule has 3 heteroatoms. The van der Waals surface area contributed by atoms with E-state index in [9.17, 15) is 0 Å². The number of rotatable bonds is 2. The number of nitrogens with two attached hydrogens (primary N) is 1. The zero-order chi connectivity index (χ0) is 14.0. The Balaban J connectivity index is 2.13. The van der Waals surface area contributed by atoms with Gasteiger partial charge in [0.25, 0.3) is 0 Å². The van der Waals surface area contributed by atoms with Crippen molar-refractivity contribution in [3.05, 3.63) is 35.4 Å². The molecule has 0 spiro atoms. The van der Waals surface area contributed by atoms with Gasteiger partial charge in [0, 0.05) is 30.1 Å². The summed E-state index contributed by atoms with van der Waals surface area (Å²) in [7, 11) is 2.19. The molecule has 1 fully saturated rings. The molecule has 2 rings (SSSR count). The van der Waals surface area contributed by atoms with Crippen molar-refractivity contribution in [2.24, 2.45) is 5.73 Å². The van der Waals surface area contributed by atoms with E-state index in [-0.39, 0.29) is 11.5 Å². The maximum absolute atomic E-state index is 6.46. The first-order valence-electron chi connectivity index (χ1n) is 7.03. The van der Waals surface area contributed by atoms with E-state index >= 15 is 0 Å². The molecular weight excluding hydrogens is 252 g/mol. The highest BCUT2D eigenvalue weighted by molar-refractivity contribution is 7.99. The summed E-state index contributed by atoms with van der Waals surface area (Å²) in [5.41, 5.74) is 9.30. The maximum Gasteiger partial charge on any atom is 0.0461 e. The van der Waals surface area contributed by atoms with Crippen LogP contribution in [-0.4, -0.2) is 36.0 Å². The molecule has 1 saturated heterocycles. The van der Waals surface area contributed by atoms with Crippen molar-refractivity contribution < 1.29 is 0 Å². The van der Waals surface area contributed by atoms with Crippen molar-refractivity contribution >= 4 is 11.8 Å². The lowest BCUT2D eigenvalue weighted by Gasteiger charge is -2.36. The van der Waals surface area contributed by atoms with Crippen LogP contribution in [0.1, 0.15) is 37.9 Å². The van der Waals surface area contributed by atoms with Gasteiger partial charge in [0.05, 0.1) is 0 Å². The standard InChI is InChI=1S/C16H26N2S/c1-16(2,3)13-7-5-12(6-8-13)15(17)14-11-19-10-9-18(14)4/h5-8,14-15H,9-11,17H2,1-4H3. The first kappa shape index (κ1) is 14.9. The van der Waals surface area contributed by atoms with Crippen LogP contribution in [0.2, 0.25) is 0 Å². The van der Waals surface area contributed by atoms with Crippen molar-refractivity contribution in [3.8, 4) is 0 Å². The van der Waals surface area contributed by atoms with Crippen LogP contribution in [0.15, 0.2) is 24.3 Å². The molecule has 0 bridgehead atoms. The number of likely N-dealkylation sites (N-methyl/N-ethyl adjacent to an activating group) is 1. The fourth-order valence-corrected chi connectivity index (χ4v) is 3.80. The SMILES string of the molecule is CN1CCSCC1C(N)c1ccc(C(C)(C)C)cc1. The quantitative estimate of drug-likeness (QED) is 0.901. The molecule has 2 N–H and O–H groups in total. The van der Waals surface area contributed by atoms with Crippen LogP contribution in [-0.2, 0) is 5.41 Å². The molecule has 0 saturated carbocycles. The minimum Gasteiger partial charge on any atom is -0.323 e. The van der Waals surface area contributed by atoms with Gasteiger partial charge >= 0.3 is 0 Å². The predicted octanol–water partition coefficient (Wildman–Crippen LogP) is 3.03. The van der Waals surface area contributed by atoms with Gasteiger partial charge in [-0.3, -0.25) is 4.90 Å². The lowest BCUT2D eigenvalue weighted by Crippen LogP contribution is -2.46. The summed E-state index contributed by atoms with van der Waals surface area (Å²) >= 11 is 2.02. The van der Waals surface area contributed by atoms with E-state index < -0.39 is 0 Å². The first-order chi connectivity index (χ1) is 8.89. The minimum atomic E-state index is 0.117. The van der Waals surface area contributed by atoms with E-state index in [2.05, 4.69) is 57.0 Å². The van der Waals surface area contributed by atoms with E-state index in [1.165, 1.54) is 16.9 Å². The summed E-state index contributed by atoms with van der Waals surface area (Å²) in [6.07, 6.45) is 0. The lowest BCUT2D eigenvalue weighted by molar-refractivity contribution is 0.237. The van der Waals surface area contributed by atoms with E-state index in [4.69, 9.17) is 5.73 Å². The molecule has 0 radical (unpaired) electrons. The molecular formula is C16H26N2S. The van der Waals surface area contributed by atoms with Crippen LogP contribution in [0, 0.1) is 0 Å². The number of hydrogen-bond donors (Lipinski definition) is 1. The summed E-state index contributed by atoms with van der Waals surface area (Å²) in [5.74, 6) is 2.36. The van der Waals surface area contributed by atoms with Crippen LogP contribution in [0.5, 0.6) is 0 Å². The van der Waals surface area contributed by atoms with E-state index in [0.29, 0.717) is 6.04 Å². The number of benzene rings is 1. The fraction of sp³-hybridized carbons (Fsp3) is 0.625. The van der Waals surface area contributed by atoms with Gasteiger partial charge in [-0.15, -0.1) is 0 Å². The fourth-order valence-electron chi connectivity index (χ4n) is 2.51. The first-order valence-corrected chi connectivity index (χ1v) is 8.19. The minimum absolute atomic E-state index is 0.117. The summed E-state index contributed by atoms with van der Waals surface area (Å²) in [6.45, 7) is 7.87. The molecule has 1 aliphatic rings. The third-order valence-corrected chi connectivity index (χ3v) is 5.07. The average molecular weight is 278 g/mol. The highest BCUT2D eigenvalue weighted by Gasteiger charge is 2.26. The second kappa shape index (κ2) is 5.86. The third kappa shape index (κ3) is 3.53. The largest absolute Gasteiger partial charge is 0.323 e. The van der Waals surface area contributed by atoms with Gasteiger partial charge in [0.1, 0.15) is 0 Å². The van der Waals surface area contributed by atoms with Crippen molar-refractivity contribution in [1.29, 1.82) is 0 Å². The second-order valence-corrected chi connectivity index (χ2v) is 7.67. The van der Waals surface area contributed by atoms with Crippen molar-refractivity contribution in [2.45, 2.75) is 38.3 Å². The summed E-state index contributed by atoms with van der Waals surface area (Å²) in [4.78, 5) is 2.40. The highest BCUT2D eigenvalue weighted by Crippen LogP contribution is 2.27. The summed E-state index contributed by atoms with van der Waals surface area (Å²) in [6, 6.07) is 9.44. The summed E-state index contributed by atoms with van der Waals surface area (Å²) < 4.78 is 0. The second-order valence-electron chi connectivity index (χ2n) is 6.52. The Hall–Kier alpha value is -0.510. The molecule has 0 aliphatic carbocycles. The Morgan fingerprint density at radius 2 is 1.89 bits per heavy atom. The van der Waals surface area contributed by atoms with Crippen LogP contribution in [0.3, 0.4) is 0 Å². The number of hydrogen-bond acceptors (Lipinski definition) is 3. The molecule has 2 atom stereocenters. The molecule has 1 aromatic rings. The third-order valence-electron chi connectivity index (χ3n) is 4.02. The molecule has 1 heterocycles. The number of thioether (sulfide) groups is 1. The topological polar surface area (TPSA) is 29.3 Å². The average Bonchev–Trinajstić information content (AvgIpc) is 2.38. The van der Waals surface area contributed by atoms with Gasteiger partial charge in [-0.05, 0) is 23.6 Å². The van der Waals surface area contributed by atoms with Gasteiger partial charge in [-0.25, -0.2) is 0 Å². The Kier molecular flexibility index (Phi) is 4.59. The lowest BCUT2D eigenvalue weighted by atomic mass is 9.86. The van der Waals surface area contributed by atoms with Gasteiger partial charge in [0.15, 0.2) is 0 Å². The van der Waals surface area contributed by atoms with Gasteiger partial charge in [-0.2, -0.15) is 11.8 Å². The Bertz CT molecular complexity index is 408. The van der Waals surface area contributed by atoms with Crippen LogP contribution in [0.25, 0.3) is 0 Å².